The summed E-state index contributed by atoms with van der Waals surface area (Å²) in [7, 11) is -3.80. The van der Waals surface area contributed by atoms with Crippen LogP contribution in [0.3, 0.4) is 0 Å². The van der Waals surface area contributed by atoms with Crippen LogP contribution >= 0.6 is 0 Å². The molecule has 5 heteroatoms. The van der Waals surface area contributed by atoms with E-state index in [9.17, 15) is 8.42 Å². The summed E-state index contributed by atoms with van der Waals surface area (Å²) in [4.78, 5) is 0. The molecule has 0 radical (unpaired) electrons. The molecule has 1 atom stereocenters. The third kappa shape index (κ3) is 9.95. The average molecular weight is 223 g/mol. The van der Waals surface area contributed by atoms with Gasteiger partial charge in [0.25, 0.3) is 10.1 Å². The molecule has 0 aromatic heterocycles. The van der Waals surface area contributed by atoms with E-state index in [2.05, 4.69) is 6.92 Å². The maximum atomic E-state index is 10.4. The topological polar surface area (TPSA) is 80.4 Å². The highest BCUT2D eigenvalue weighted by atomic mass is 32.2. The maximum Gasteiger partial charge on any atom is 0.264 e. The number of hydrogen-bond donors (Lipinski definition) is 2. The van der Waals surface area contributed by atoms with Crippen molar-refractivity contribution in [2.45, 2.75) is 51.5 Å². The first-order chi connectivity index (χ1) is 6.45. The van der Waals surface area contributed by atoms with E-state index < -0.39 is 10.1 Å². The van der Waals surface area contributed by atoms with E-state index in [1.807, 2.05) is 0 Å². The monoisotopic (exact) mass is 223 g/mol. The minimum Gasteiger partial charge on any atom is -0.328 e. The fourth-order valence-electron chi connectivity index (χ4n) is 1.33. The van der Waals surface area contributed by atoms with Crippen molar-refractivity contribution in [2.24, 2.45) is 5.73 Å². The van der Waals surface area contributed by atoms with E-state index in [0.717, 1.165) is 19.3 Å². The summed E-state index contributed by atoms with van der Waals surface area (Å²) in [6, 6.07) is 0.0725. The molecule has 0 aliphatic heterocycles. The lowest BCUT2D eigenvalue weighted by Crippen LogP contribution is -2.20. The fourth-order valence-corrected chi connectivity index (χ4v) is 1.86. The molecule has 3 N–H and O–H groups in total. The van der Waals surface area contributed by atoms with Crippen LogP contribution < -0.4 is 5.73 Å². The lowest BCUT2D eigenvalue weighted by Gasteiger charge is -2.09. The predicted molar refractivity (Wildman–Crippen MR) is 57.8 cm³/mol. The Hall–Kier alpha value is -0.130. The van der Waals surface area contributed by atoms with Crippen LogP contribution in [0.1, 0.15) is 45.4 Å². The molecule has 0 bridgehead atoms. The highest BCUT2D eigenvalue weighted by Crippen LogP contribution is 2.06. The van der Waals surface area contributed by atoms with Crippen LogP contribution in [-0.4, -0.2) is 24.8 Å². The second-order valence-electron chi connectivity index (χ2n) is 3.68. The van der Waals surface area contributed by atoms with Crippen molar-refractivity contribution in [3.05, 3.63) is 0 Å². The average Bonchev–Trinajstić information content (AvgIpc) is 2.02. The first kappa shape index (κ1) is 13.9. The molecule has 0 aliphatic carbocycles. The summed E-state index contributed by atoms with van der Waals surface area (Å²) in [6.07, 6.45) is 5.50. The summed E-state index contributed by atoms with van der Waals surface area (Å²) >= 11 is 0. The van der Waals surface area contributed by atoms with Crippen LogP contribution in [-0.2, 0) is 10.1 Å². The molecule has 86 valence electrons. The van der Waals surface area contributed by atoms with E-state index >= 15 is 0 Å². The maximum absolute atomic E-state index is 10.4. The zero-order chi connectivity index (χ0) is 11.0. The molecular formula is C9H21NO3S. The smallest absolute Gasteiger partial charge is 0.264 e. The van der Waals surface area contributed by atoms with Gasteiger partial charge >= 0.3 is 0 Å². The second kappa shape index (κ2) is 7.20. The standard InChI is InChI=1S/C9H21NO3S/c1-2-3-4-6-9(10)7-5-8-14(11,12)13/h9H,2-8,10H2,1H3,(H,11,12,13). The van der Waals surface area contributed by atoms with Crippen molar-refractivity contribution in [2.75, 3.05) is 5.75 Å². The van der Waals surface area contributed by atoms with Crippen molar-refractivity contribution < 1.29 is 13.0 Å². The third-order valence-electron chi connectivity index (χ3n) is 2.16. The molecule has 0 rings (SSSR count). The Bertz CT molecular complexity index is 226. The highest BCUT2D eigenvalue weighted by molar-refractivity contribution is 7.85. The van der Waals surface area contributed by atoms with Gasteiger partial charge in [0, 0.05) is 6.04 Å². The van der Waals surface area contributed by atoms with Gasteiger partial charge in [-0.25, -0.2) is 0 Å². The fraction of sp³-hybridized carbons (Fsp3) is 1.00. The van der Waals surface area contributed by atoms with Gasteiger partial charge in [-0.15, -0.1) is 0 Å². The number of nitrogens with two attached hydrogens (primary N) is 1. The van der Waals surface area contributed by atoms with Crippen molar-refractivity contribution in [1.82, 2.24) is 0 Å². The van der Waals surface area contributed by atoms with E-state index in [1.165, 1.54) is 6.42 Å². The number of hydrogen-bond acceptors (Lipinski definition) is 3. The molecule has 1 unspecified atom stereocenters. The van der Waals surface area contributed by atoms with Crippen LogP contribution in [0.2, 0.25) is 0 Å². The van der Waals surface area contributed by atoms with Gasteiger partial charge in [0.1, 0.15) is 0 Å². The molecule has 0 aromatic rings. The zero-order valence-corrected chi connectivity index (χ0v) is 9.59. The van der Waals surface area contributed by atoms with Gasteiger partial charge < -0.3 is 5.73 Å². The van der Waals surface area contributed by atoms with Gasteiger partial charge in [-0.1, -0.05) is 26.2 Å². The molecular weight excluding hydrogens is 202 g/mol. The largest absolute Gasteiger partial charge is 0.328 e. The molecule has 0 aliphatic rings. The van der Waals surface area contributed by atoms with Crippen LogP contribution in [0.5, 0.6) is 0 Å². The zero-order valence-electron chi connectivity index (χ0n) is 8.78. The van der Waals surface area contributed by atoms with Gasteiger partial charge in [0.2, 0.25) is 0 Å². The van der Waals surface area contributed by atoms with Gasteiger partial charge in [-0.2, -0.15) is 8.42 Å². The number of unbranched alkanes of at least 4 members (excludes halogenated alkanes) is 2. The molecule has 0 spiro atoms. The first-order valence-corrected chi connectivity index (χ1v) is 6.77. The van der Waals surface area contributed by atoms with Crippen molar-refractivity contribution in [1.29, 1.82) is 0 Å². The molecule has 0 saturated carbocycles. The van der Waals surface area contributed by atoms with E-state index in [4.69, 9.17) is 10.3 Å². The van der Waals surface area contributed by atoms with Crippen LogP contribution in [0.4, 0.5) is 0 Å². The van der Waals surface area contributed by atoms with Crippen LogP contribution in [0.15, 0.2) is 0 Å². The Kier molecular flexibility index (Phi) is 7.13. The van der Waals surface area contributed by atoms with Crippen LogP contribution in [0.25, 0.3) is 0 Å². The lowest BCUT2D eigenvalue weighted by atomic mass is 10.1. The molecule has 4 nitrogen and oxygen atoms in total. The summed E-state index contributed by atoms with van der Waals surface area (Å²) in [5.41, 5.74) is 5.77. The Morgan fingerprint density at radius 2 is 1.79 bits per heavy atom. The second-order valence-corrected chi connectivity index (χ2v) is 5.26. The Morgan fingerprint density at radius 1 is 1.21 bits per heavy atom. The Labute approximate surface area is 86.6 Å². The molecule has 14 heavy (non-hydrogen) atoms. The summed E-state index contributed by atoms with van der Waals surface area (Å²) in [5, 5.41) is 0. The van der Waals surface area contributed by atoms with Crippen molar-refractivity contribution in [3.8, 4) is 0 Å². The highest BCUT2D eigenvalue weighted by Gasteiger charge is 2.07. The third-order valence-corrected chi connectivity index (χ3v) is 2.96. The minimum absolute atomic E-state index is 0.0725. The molecule has 0 fully saturated rings. The van der Waals surface area contributed by atoms with Crippen LogP contribution in [0, 0.1) is 0 Å². The molecule has 0 heterocycles. The normalized spacial score (nSPS) is 14.2. The Balaban J connectivity index is 3.40. The minimum atomic E-state index is -3.80. The first-order valence-electron chi connectivity index (χ1n) is 5.16. The van der Waals surface area contributed by atoms with Gasteiger partial charge in [0.05, 0.1) is 5.75 Å². The Morgan fingerprint density at radius 3 is 2.29 bits per heavy atom. The summed E-state index contributed by atoms with van der Waals surface area (Å²) in [5.74, 6) is -0.172. The SMILES string of the molecule is CCCCCC(N)CCCS(=O)(=O)O. The molecule has 0 aromatic carbocycles. The number of rotatable bonds is 8. The van der Waals surface area contributed by atoms with Gasteiger partial charge in [0.15, 0.2) is 0 Å². The summed E-state index contributed by atoms with van der Waals surface area (Å²) in [6.45, 7) is 2.13. The molecule has 0 saturated heterocycles. The van der Waals surface area contributed by atoms with Crippen molar-refractivity contribution >= 4 is 10.1 Å². The van der Waals surface area contributed by atoms with E-state index in [-0.39, 0.29) is 11.8 Å². The quantitative estimate of drug-likeness (QED) is 0.483. The summed E-state index contributed by atoms with van der Waals surface area (Å²) < 4.78 is 29.3. The lowest BCUT2D eigenvalue weighted by molar-refractivity contribution is 0.473. The van der Waals surface area contributed by atoms with Gasteiger partial charge in [-0.05, 0) is 19.3 Å². The molecule has 0 amide bonds. The van der Waals surface area contributed by atoms with Crippen molar-refractivity contribution in [3.63, 3.8) is 0 Å². The van der Waals surface area contributed by atoms with Gasteiger partial charge in [-0.3, -0.25) is 4.55 Å². The van der Waals surface area contributed by atoms with E-state index in [0.29, 0.717) is 12.8 Å². The predicted octanol–water partition coefficient (Wildman–Crippen LogP) is 1.56. The van der Waals surface area contributed by atoms with E-state index in [1.54, 1.807) is 0 Å².